The van der Waals surface area contributed by atoms with Gasteiger partial charge >= 0.3 is 0 Å². The zero-order valence-corrected chi connectivity index (χ0v) is 17.5. The van der Waals surface area contributed by atoms with Crippen molar-refractivity contribution in [2.75, 3.05) is 17.6 Å². The number of hydrogen-bond donors (Lipinski definition) is 1. The minimum Gasteiger partial charge on any atom is -0.335 e. The van der Waals surface area contributed by atoms with Crippen molar-refractivity contribution in [1.29, 1.82) is 0 Å². The lowest BCUT2D eigenvalue weighted by molar-refractivity contribution is -0.113. The van der Waals surface area contributed by atoms with E-state index in [1.54, 1.807) is 23.0 Å². The van der Waals surface area contributed by atoms with E-state index < -0.39 is 0 Å². The summed E-state index contributed by atoms with van der Waals surface area (Å²) in [5, 5.41) is 11.3. The molecule has 7 nitrogen and oxygen atoms in total. The van der Waals surface area contributed by atoms with Crippen LogP contribution in [0.25, 0.3) is 0 Å². The maximum atomic E-state index is 13.1. The van der Waals surface area contributed by atoms with Crippen molar-refractivity contribution in [3.63, 3.8) is 0 Å². The Kier molecular flexibility index (Phi) is 6.18. The van der Waals surface area contributed by atoms with Crippen LogP contribution < -0.4 is 5.32 Å². The third kappa shape index (κ3) is 4.63. The number of aryl methyl sites for hydroxylation is 1. The standard InChI is InChI=1S/C21H27N5O2S/c1-25-14-22-24-21(25)29-13-19(27)23-17-10-8-16(9-11-17)20(28)26-12-4-6-15-5-2-3-7-18(15)26/h8-11,14-15,18H,2-7,12-13H2,1H3,(H,23,27)/t15-,18-/m1/s1. The molecule has 1 saturated carbocycles. The van der Waals surface area contributed by atoms with Gasteiger partial charge in [0.1, 0.15) is 6.33 Å². The predicted molar refractivity (Wildman–Crippen MR) is 113 cm³/mol. The topological polar surface area (TPSA) is 80.1 Å². The van der Waals surface area contributed by atoms with Crippen LogP contribution in [0.1, 0.15) is 48.9 Å². The van der Waals surface area contributed by atoms with Crippen LogP contribution in [0.2, 0.25) is 0 Å². The van der Waals surface area contributed by atoms with Gasteiger partial charge < -0.3 is 14.8 Å². The summed E-state index contributed by atoms with van der Waals surface area (Å²) < 4.78 is 1.77. The number of carbonyl (C=O) groups is 2. The molecule has 1 N–H and O–H groups in total. The third-order valence-corrected chi connectivity index (χ3v) is 6.96. The molecule has 8 heteroatoms. The second-order valence-electron chi connectivity index (χ2n) is 7.89. The van der Waals surface area contributed by atoms with E-state index in [2.05, 4.69) is 20.4 Å². The molecule has 2 amide bonds. The van der Waals surface area contributed by atoms with Crippen LogP contribution >= 0.6 is 11.8 Å². The first kappa shape index (κ1) is 19.9. The summed E-state index contributed by atoms with van der Waals surface area (Å²) in [4.78, 5) is 27.3. The first-order chi connectivity index (χ1) is 14.1. The molecule has 1 aliphatic heterocycles. The van der Waals surface area contributed by atoms with Gasteiger partial charge in [-0.3, -0.25) is 9.59 Å². The molecule has 2 aromatic rings. The van der Waals surface area contributed by atoms with Gasteiger partial charge in [0.25, 0.3) is 5.91 Å². The normalized spacial score (nSPS) is 21.5. The van der Waals surface area contributed by atoms with E-state index in [-0.39, 0.29) is 17.6 Å². The largest absolute Gasteiger partial charge is 0.335 e. The fourth-order valence-electron chi connectivity index (χ4n) is 4.47. The van der Waals surface area contributed by atoms with E-state index in [0.29, 0.717) is 28.4 Å². The van der Waals surface area contributed by atoms with Crippen molar-refractivity contribution in [2.24, 2.45) is 13.0 Å². The number of nitrogens with one attached hydrogen (secondary N) is 1. The number of amides is 2. The number of benzene rings is 1. The molecule has 2 fully saturated rings. The Hall–Kier alpha value is -2.35. The quantitative estimate of drug-likeness (QED) is 0.761. The molecule has 1 saturated heterocycles. The number of likely N-dealkylation sites (tertiary alicyclic amines) is 1. The molecule has 0 bridgehead atoms. The van der Waals surface area contributed by atoms with Gasteiger partial charge in [-0.05, 0) is 55.9 Å². The van der Waals surface area contributed by atoms with Crippen molar-refractivity contribution < 1.29 is 9.59 Å². The lowest BCUT2D eigenvalue weighted by Gasteiger charge is -2.44. The van der Waals surface area contributed by atoms with Gasteiger partial charge in [-0.25, -0.2) is 0 Å². The molecule has 0 spiro atoms. The highest BCUT2D eigenvalue weighted by atomic mass is 32.2. The van der Waals surface area contributed by atoms with E-state index in [4.69, 9.17) is 0 Å². The number of aromatic nitrogens is 3. The van der Waals surface area contributed by atoms with Crippen molar-refractivity contribution in [1.82, 2.24) is 19.7 Å². The van der Waals surface area contributed by atoms with E-state index >= 15 is 0 Å². The van der Waals surface area contributed by atoms with Crippen LogP contribution in [0.5, 0.6) is 0 Å². The Bertz CT molecular complexity index is 864. The molecule has 0 unspecified atom stereocenters. The molecular formula is C21H27N5O2S. The summed E-state index contributed by atoms with van der Waals surface area (Å²) in [5.41, 5.74) is 1.39. The highest BCUT2D eigenvalue weighted by Crippen LogP contribution is 2.36. The molecule has 1 aliphatic carbocycles. The molecule has 154 valence electrons. The number of hydrogen-bond acceptors (Lipinski definition) is 5. The molecule has 29 heavy (non-hydrogen) atoms. The van der Waals surface area contributed by atoms with E-state index in [0.717, 1.165) is 19.4 Å². The fraction of sp³-hybridized carbons (Fsp3) is 0.524. The maximum Gasteiger partial charge on any atom is 0.254 e. The molecule has 4 rings (SSSR count). The predicted octanol–water partition coefficient (Wildman–Crippen LogP) is 3.34. The van der Waals surface area contributed by atoms with E-state index in [9.17, 15) is 9.59 Å². The lowest BCUT2D eigenvalue weighted by atomic mass is 9.78. The smallest absolute Gasteiger partial charge is 0.254 e. The van der Waals surface area contributed by atoms with Crippen LogP contribution in [0.4, 0.5) is 5.69 Å². The van der Waals surface area contributed by atoms with Gasteiger partial charge in [-0.1, -0.05) is 24.6 Å². The first-order valence-electron chi connectivity index (χ1n) is 10.3. The maximum absolute atomic E-state index is 13.1. The molecule has 0 radical (unpaired) electrons. The number of nitrogens with zero attached hydrogens (tertiary/aromatic N) is 4. The van der Waals surface area contributed by atoms with Crippen LogP contribution in [0.15, 0.2) is 35.7 Å². The average Bonchev–Trinajstić information content (AvgIpc) is 3.16. The lowest BCUT2D eigenvalue weighted by Crippen LogP contribution is -2.49. The number of piperidine rings is 1. The Balaban J connectivity index is 1.34. The van der Waals surface area contributed by atoms with Crippen molar-refractivity contribution in [2.45, 2.75) is 49.7 Å². The van der Waals surface area contributed by atoms with Gasteiger partial charge in [0.05, 0.1) is 5.75 Å². The summed E-state index contributed by atoms with van der Waals surface area (Å²) >= 11 is 1.33. The summed E-state index contributed by atoms with van der Waals surface area (Å²) in [6.07, 6.45) is 8.87. The monoisotopic (exact) mass is 413 g/mol. The van der Waals surface area contributed by atoms with Crippen LogP contribution in [0.3, 0.4) is 0 Å². The highest BCUT2D eigenvalue weighted by molar-refractivity contribution is 7.99. The number of carbonyl (C=O) groups excluding carboxylic acids is 2. The number of fused-ring (bicyclic) bond motifs is 1. The molecule has 2 heterocycles. The van der Waals surface area contributed by atoms with Gasteiger partial charge in [0, 0.05) is 30.9 Å². The highest BCUT2D eigenvalue weighted by Gasteiger charge is 2.35. The number of thioether (sulfide) groups is 1. The third-order valence-electron chi connectivity index (χ3n) is 5.92. The minimum atomic E-state index is -0.113. The van der Waals surface area contributed by atoms with Gasteiger partial charge in [-0.2, -0.15) is 0 Å². The van der Waals surface area contributed by atoms with E-state index in [1.807, 2.05) is 19.2 Å². The van der Waals surface area contributed by atoms with Crippen LogP contribution in [-0.2, 0) is 11.8 Å². The van der Waals surface area contributed by atoms with Gasteiger partial charge in [0.15, 0.2) is 5.16 Å². The molecule has 2 atom stereocenters. The zero-order chi connectivity index (χ0) is 20.2. The minimum absolute atomic E-state index is 0.113. The van der Waals surface area contributed by atoms with Crippen molar-refractivity contribution in [3.05, 3.63) is 36.2 Å². The van der Waals surface area contributed by atoms with Crippen molar-refractivity contribution >= 4 is 29.3 Å². The number of rotatable bonds is 5. The van der Waals surface area contributed by atoms with Crippen LogP contribution in [0, 0.1) is 5.92 Å². The molecule has 1 aromatic carbocycles. The molecular weight excluding hydrogens is 386 g/mol. The van der Waals surface area contributed by atoms with Crippen LogP contribution in [-0.4, -0.2) is 49.8 Å². The first-order valence-corrected chi connectivity index (χ1v) is 11.3. The van der Waals surface area contributed by atoms with E-state index in [1.165, 1.54) is 37.4 Å². The fourth-order valence-corrected chi connectivity index (χ4v) is 5.16. The second kappa shape index (κ2) is 8.98. The summed E-state index contributed by atoms with van der Waals surface area (Å²) in [6, 6.07) is 7.66. The Labute approximate surface area is 175 Å². The number of anilines is 1. The second-order valence-corrected chi connectivity index (χ2v) is 8.83. The van der Waals surface area contributed by atoms with Gasteiger partial charge in [-0.15, -0.1) is 10.2 Å². The Morgan fingerprint density at radius 3 is 2.66 bits per heavy atom. The summed E-state index contributed by atoms with van der Waals surface area (Å²) in [6.45, 7) is 0.859. The zero-order valence-electron chi connectivity index (χ0n) is 16.7. The Morgan fingerprint density at radius 2 is 1.90 bits per heavy atom. The average molecular weight is 414 g/mol. The Morgan fingerprint density at radius 1 is 1.14 bits per heavy atom. The molecule has 1 aromatic heterocycles. The summed E-state index contributed by atoms with van der Waals surface area (Å²) in [5.74, 6) is 0.936. The summed E-state index contributed by atoms with van der Waals surface area (Å²) in [7, 11) is 1.84. The van der Waals surface area contributed by atoms with Gasteiger partial charge in [0.2, 0.25) is 5.91 Å². The molecule has 2 aliphatic rings. The SMILES string of the molecule is Cn1cnnc1SCC(=O)Nc1ccc(C(=O)N2CCC[C@H]3CCCC[C@H]32)cc1. The van der Waals surface area contributed by atoms with Crippen molar-refractivity contribution in [3.8, 4) is 0 Å².